The van der Waals surface area contributed by atoms with Gasteiger partial charge < -0.3 is 13.6 Å². The molecule has 4 nitrogen and oxygen atoms in total. The molecular formula is C129H189O4P. The number of hydrogen-bond donors (Lipinski definition) is 0. The van der Waals surface area contributed by atoms with Gasteiger partial charge in [0.2, 0.25) is 0 Å². The molecule has 9 aromatic rings. The summed E-state index contributed by atoms with van der Waals surface area (Å²) in [6.45, 7) is 21.0. The lowest BCUT2D eigenvalue weighted by atomic mass is 9.63. The molecule has 0 aliphatic carbocycles. The third kappa shape index (κ3) is 34.3. The maximum Gasteiger partial charge on any atom is 0.647 e. The minimum absolute atomic E-state index is 0.541. The second-order valence-electron chi connectivity index (χ2n) is 40.5. The second-order valence-corrected chi connectivity index (χ2v) is 42.0. The van der Waals surface area contributed by atoms with Crippen molar-refractivity contribution in [2.45, 2.75) is 483 Å². The summed E-state index contributed by atoms with van der Waals surface area (Å²) < 4.78 is 44.4. The van der Waals surface area contributed by atoms with Crippen LogP contribution in [0.3, 0.4) is 0 Å². The van der Waals surface area contributed by atoms with Crippen molar-refractivity contribution in [2.75, 3.05) is 0 Å². The van der Waals surface area contributed by atoms with E-state index >= 15 is 4.57 Å². The lowest BCUT2D eigenvalue weighted by Gasteiger charge is -2.41. The normalized spacial score (nSPS) is 12.0. The monoisotopic (exact) mass is 1830 g/mol. The van der Waals surface area contributed by atoms with Crippen molar-refractivity contribution in [2.24, 2.45) is 0 Å². The van der Waals surface area contributed by atoms with E-state index in [1.807, 2.05) is 0 Å². The van der Waals surface area contributed by atoms with Gasteiger partial charge in [-0.15, -0.1) is 0 Å². The summed E-state index contributed by atoms with van der Waals surface area (Å²) in [4.78, 5) is 0. The number of benzene rings is 9. The van der Waals surface area contributed by atoms with Gasteiger partial charge in [0.05, 0.1) is 0 Å². The summed E-state index contributed by atoms with van der Waals surface area (Å²) in [5, 5.41) is 0. The number of para-hydroxylation sites is 3. The average Bonchev–Trinajstić information content (AvgIpc) is 0.732. The Morgan fingerprint density at radius 2 is 0.299 bits per heavy atom. The van der Waals surface area contributed by atoms with Crippen LogP contribution in [0.15, 0.2) is 218 Å². The second kappa shape index (κ2) is 65.5. The summed E-state index contributed by atoms with van der Waals surface area (Å²) in [5.74, 6) is 1.62. The van der Waals surface area contributed by atoms with Crippen LogP contribution in [-0.2, 0) is 59.3 Å². The van der Waals surface area contributed by atoms with Crippen LogP contribution in [0, 0.1) is 0 Å². The molecule has 0 aliphatic rings. The number of rotatable bonds is 78. The molecule has 0 atom stereocenters. The molecule has 0 heterocycles. The highest BCUT2D eigenvalue weighted by Crippen LogP contribution is 2.61. The van der Waals surface area contributed by atoms with E-state index in [9.17, 15) is 0 Å². The summed E-state index contributed by atoms with van der Waals surface area (Å²) in [7, 11) is -5.12. The van der Waals surface area contributed by atoms with Crippen LogP contribution in [0.5, 0.6) is 17.2 Å². The topological polar surface area (TPSA) is 44.8 Å². The first kappa shape index (κ1) is 110. The molecule has 9 aromatic carbocycles. The van der Waals surface area contributed by atoms with E-state index < -0.39 is 24.1 Å². The molecule has 0 fully saturated rings. The standard InChI is InChI=1S/C129H189O4P/c1-10-19-28-37-46-55-82-109-88-61-67-94-115(109)127(106-79-52-43-34-25-16-7,116-95-68-62-89-110(116)83-56-47-38-29-20-11-2)121-100-73-76-103-124(121)131-134(130,132-125-104-77-74-101-122(125)128(107-80-53-44-35-26-17-8,117-96-69-63-90-111(117)84-57-48-39-30-21-12-3)118-97-70-64-91-112(118)85-58-49-40-31-22-13-4)133-126-105-78-75-102-123(126)129(108-81-54-45-36-27-18-9,119-98-71-65-92-113(119)86-59-50-41-32-23-14-5)120-99-72-66-93-114(120)87-60-51-42-33-24-15-6/h61-78,88-105H,10-60,79-87,106-108H2,1-9H3. The Balaban J connectivity index is 1.42. The zero-order valence-corrected chi connectivity index (χ0v) is 87.8. The first-order valence-corrected chi connectivity index (χ1v) is 58.0. The van der Waals surface area contributed by atoms with Gasteiger partial charge in [0.25, 0.3) is 0 Å². The van der Waals surface area contributed by atoms with Crippen LogP contribution in [0.2, 0.25) is 0 Å². The summed E-state index contributed by atoms with van der Waals surface area (Å²) in [6, 6.07) is 84.4. The Kier molecular flexibility index (Phi) is 53.9. The van der Waals surface area contributed by atoms with Gasteiger partial charge in [0, 0.05) is 32.9 Å². The Hall–Kier alpha value is -7.39. The van der Waals surface area contributed by atoms with Gasteiger partial charge in [-0.1, -0.05) is 571 Å². The fourth-order valence-corrected chi connectivity index (χ4v) is 24.0. The Bertz CT molecular complexity index is 3980. The van der Waals surface area contributed by atoms with Gasteiger partial charge in [0.1, 0.15) is 17.2 Å². The van der Waals surface area contributed by atoms with Gasteiger partial charge in [-0.05, 0) is 181 Å². The predicted octanol–water partition coefficient (Wildman–Crippen LogP) is 41.0. The fourth-order valence-electron chi connectivity index (χ4n) is 22.6. The van der Waals surface area contributed by atoms with E-state index in [0.717, 1.165) is 152 Å². The van der Waals surface area contributed by atoms with Crippen LogP contribution in [0.4, 0.5) is 0 Å². The number of unbranched alkanes of at least 4 members (excludes halogenated alkanes) is 45. The Morgan fingerprint density at radius 3 is 0.470 bits per heavy atom. The van der Waals surface area contributed by atoms with Crippen molar-refractivity contribution in [3.05, 3.63) is 302 Å². The van der Waals surface area contributed by atoms with Gasteiger partial charge in [0.15, 0.2) is 0 Å². The molecule has 0 aliphatic heterocycles. The van der Waals surface area contributed by atoms with Crippen molar-refractivity contribution >= 4 is 7.82 Å². The summed E-state index contributed by atoms with van der Waals surface area (Å²) in [6.07, 6.45) is 73.2. The molecule has 9 rings (SSSR count). The smallest absolute Gasteiger partial charge is 0.386 e. The molecule has 5 heteroatoms. The van der Waals surface area contributed by atoms with Gasteiger partial charge in [-0.3, -0.25) is 0 Å². The highest BCUT2D eigenvalue weighted by Gasteiger charge is 2.49. The van der Waals surface area contributed by atoms with E-state index in [-0.39, 0.29) is 0 Å². The van der Waals surface area contributed by atoms with E-state index in [0.29, 0.717) is 17.2 Å². The maximum atomic E-state index is 19.5. The average molecular weight is 1830 g/mol. The van der Waals surface area contributed by atoms with E-state index in [2.05, 4.69) is 281 Å². The third-order valence-corrected chi connectivity index (χ3v) is 31.3. The molecule has 0 spiro atoms. The van der Waals surface area contributed by atoms with Crippen LogP contribution >= 0.6 is 7.82 Å². The minimum Gasteiger partial charge on any atom is -0.386 e. The van der Waals surface area contributed by atoms with Crippen molar-refractivity contribution in [1.29, 1.82) is 0 Å². The molecular weight excluding hydrogens is 1640 g/mol. The van der Waals surface area contributed by atoms with Gasteiger partial charge in [-0.25, -0.2) is 0 Å². The largest absolute Gasteiger partial charge is 0.647 e. The summed E-state index contributed by atoms with van der Waals surface area (Å²) >= 11 is 0. The lowest BCUT2D eigenvalue weighted by molar-refractivity contribution is 0.290. The number of phosphoric acid groups is 1. The minimum atomic E-state index is -5.12. The zero-order valence-electron chi connectivity index (χ0n) is 86.9. The van der Waals surface area contributed by atoms with Crippen LogP contribution in [0.25, 0.3) is 0 Å². The highest BCUT2D eigenvalue weighted by molar-refractivity contribution is 7.49. The van der Waals surface area contributed by atoms with Crippen LogP contribution < -0.4 is 13.6 Å². The lowest BCUT2D eigenvalue weighted by Crippen LogP contribution is -2.34. The fraction of sp³-hybridized carbons (Fsp3) is 0.581. The first-order chi connectivity index (χ1) is 66.1. The van der Waals surface area contributed by atoms with Gasteiger partial charge in [-0.2, -0.15) is 4.57 Å². The summed E-state index contributed by atoms with van der Waals surface area (Å²) in [5.41, 5.74) is 17.1. The van der Waals surface area contributed by atoms with E-state index in [1.54, 1.807) is 0 Å². The molecule has 0 radical (unpaired) electrons. The molecule has 0 amide bonds. The number of phosphoric ester groups is 1. The first-order valence-electron chi connectivity index (χ1n) is 56.6. The predicted molar refractivity (Wildman–Crippen MR) is 584 cm³/mol. The quantitative estimate of drug-likeness (QED) is 0.0216. The van der Waals surface area contributed by atoms with Gasteiger partial charge >= 0.3 is 7.82 Å². The number of hydrogen-bond acceptors (Lipinski definition) is 4. The Morgan fingerprint density at radius 1 is 0.164 bits per heavy atom. The molecule has 0 N–H and O–H groups in total. The molecule has 0 unspecified atom stereocenters. The number of aryl methyl sites for hydroxylation is 6. The maximum absolute atomic E-state index is 19.5. The van der Waals surface area contributed by atoms with E-state index in [1.165, 1.54) is 336 Å². The molecule has 734 valence electrons. The van der Waals surface area contributed by atoms with Crippen molar-refractivity contribution < 1.29 is 18.1 Å². The molecule has 0 aromatic heterocycles. The molecule has 0 saturated heterocycles. The van der Waals surface area contributed by atoms with Crippen molar-refractivity contribution in [1.82, 2.24) is 0 Å². The zero-order chi connectivity index (χ0) is 94.5. The Labute approximate surface area is 822 Å². The molecule has 134 heavy (non-hydrogen) atoms. The van der Waals surface area contributed by atoms with Crippen molar-refractivity contribution in [3.8, 4) is 17.2 Å². The van der Waals surface area contributed by atoms with Crippen LogP contribution in [0.1, 0.15) is 512 Å². The van der Waals surface area contributed by atoms with Crippen LogP contribution in [-0.4, -0.2) is 0 Å². The molecule has 0 bridgehead atoms. The van der Waals surface area contributed by atoms with E-state index in [4.69, 9.17) is 13.6 Å². The van der Waals surface area contributed by atoms with Crippen molar-refractivity contribution in [3.63, 3.8) is 0 Å². The third-order valence-electron chi connectivity index (χ3n) is 30.0. The SMILES string of the molecule is CCCCCCCCc1ccccc1C(CCCCCCCC)(c1ccccc1CCCCCCCC)c1ccccc1OP(=O)(Oc1ccccc1C(CCCCCCCC)(c1ccccc1CCCCCCCC)c1ccccc1CCCCCCCC)Oc1ccccc1C(CCCCCCCC)(c1ccccc1CCCCCCCC)c1ccccc1CCCCCCCC. The highest BCUT2D eigenvalue weighted by atomic mass is 31.2. The molecule has 0 saturated carbocycles.